The average molecular weight is 425 g/mol. The standard InChI is InChI=1S/C22H24N4O3S/c1-2-26-21-11-10-19(30(27,28)25-12-4-3-5-13-25)14-20(21)24-22(26)16-29-18-8-6-17(15-23)7-9-18/h6-11,14H,2-5,12-13,16H2,1H3. The van der Waals surface area contributed by atoms with Gasteiger partial charge in [-0.15, -0.1) is 0 Å². The minimum Gasteiger partial charge on any atom is -0.486 e. The second kappa shape index (κ2) is 8.46. The van der Waals surface area contributed by atoms with E-state index in [0.717, 1.165) is 30.6 Å². The maximum atomic E-state index is 13.0. The Balaban J connectivity index is 1.60. The number of hydrogen-bond donors (Lipinski definition) is 0. The Hall–Kier alpha value is -2.89. The van der Waals surface area contributed by atoms with Crippen LogP contribution < -0.4 is 4.74 Å². The van der Waals surface area contributed by atoms with E-state index in [4.69, 9.17) is 10.00 Å². The molecule has 7 nitrogen and oxygen atoms in total. The molecule has 1 aromatic heterocycles. The normalized spacial score (nSPS) is 15.2. The minimum atomic E-state index is -3.50. The molecule has 2 aromatic carbocycles. The lowest BCUT2D eigenvalue weighted by molar-refractivity contribution is 0.291. The van der Waals surface area contributed by atoms with Crippen LogP contribution in [0.1, 0.15) is 37.6 Å². The number of hydrogen-bond acceptors (Lipinski definition) is 5. The molecular formula is C22H24N4O3S. The van der Waals surface area contributed by atoms with Gasteiger partial charge in [-0.2, -0.15) is 9.57 Å². The van der Waals surface area contributed by atoms with Gasteiger partial charge in [0.2, 0.25) is 10.0 Å². The molecule has 156 valence electrons. The van der Waals surface area contributed by atoms with E-state index >= 15 is 0 Å². The molecule has 0 spiro atoms. The summed E-state index contributed by atoms with van der Waals surface area (Å²) in [4.78, 5) is 4.94. The van der Waals surface area contributed by atoms with Gasteiger partial charge in [-0.3, -0.25) is 0 Å². The molecule has 0 saturated carbocycles. The summed E-state index contributed by atoms with van der Waals surface area (Å²) in [5.41, 5.74) is 2.10. The first-order valence-electron chi connectivity index (χ1n) is 10.1. The van der Waals surface area contributed by atoms with Crippen LogP contribution >= 0.6 is 0 Å². The monoisotopic (exact) mass is 424 g/mol. The molecule has 2 heterocycles. The highest BCUT2D eigenvalue weighted by atomic mass is 32.2. The Morgan fingerprint density at radius 1 is 1.10 bits per heavy atom. The first kappa shape index (κ1) is 20.4. The fourth-order valence-corrected chi connectivity index (χ4v) is 5.35. The van der Waals surface area contributed by atoms with Crippen LogP contribution in [0.25, 0.3) is 11.0 Å². The summed E-state index contributed by atoms with van der Waals surface area (Å²) in [5, 5.41) is 8.90. The quantitative estimate of drug-likeness (QED) is 0.602. The average Bonchev–Trinajstić information content (AvgIpc) is 3.15. The van der Waals surface area contributed by atoms with E-state index < -0.39 is 10.0 Å². The van der Waals surface area contributed by atoms with Crippen molar-refractivity contribution in [2.24, 2.45) is 0 Å². The molecule has 0 N–H and O–H groups in total. The van der Waals surface area contributed by atoms with Crippen molar-refractivity contribution in [3.63, 3.8) is 0 Å². The molecule has 0 amide bonds. The predicted octanol–water partition coefficient (Wildman–Crippen LogP) is 3.68. The van der Waals surface area contributed by atoms with E-state index in [-0.39, 0.29) is 11.5 Å². The van der Waals surface area contributed by atoms with Crippen molar-refractivity contribution in [3.8, 4) is 11.8 Å². The number of aromatic nitrogens is 2. The third-order valence-electron chi connectivity index (χ3n) is 5.42. The third kappa shape index (κ3) is 3.91. The summed E-state index contributed by atoms with van der Waals surface area (Å²) in [6.07, 6.45) is 2.89. The molecule has 1 saturated heterocycles. The number of nitriles is 1. The van der Waals surface area contributed by atoms with Crippen LogP contribution in [0, 0.1) is 11.3 Å². The van der Waals surface area contributed by atoms with Gasteiger partial charge in [0.25, 0.3) is 0 Å². The van der Waals surface area contributed by atoms with Crippen LogP contribution in [0.5, 0.6) is 5.75 Å². The first-order valence-corrected chi connectivity index (χ1v) is 11.6. The Morgan fingerprint density at radius 3 is 2.50 bits per heavy atom. The van der Waals surface area contributed by atoms with Gasteiger partial charge >= 0.3 is 0 Å². The SMILES string of the molecule is CCn1c(COc2ccc(C#N)cc2)nc2cc(S(=O)(=O)N3CCCCC3)ccc21. The van der Waals surface area contributed by atoms with Crippen LogP contribution in [-0.2, 0) is 23.2 Å². The van der Waals surface area contributed by atoms with E-state index in [9.17, 15) is 8.42 Å². The molecule has 0 bridgehead atoms. The summed E-state index contributed by atoms with van der Waals surface area (Å²) in [5.74, 6) is 1.38. The Kier molecular flexibility index (Phi) is 5.75. The zero-order chi connectivity index (χ0) is 21.1. The molecule has 8 heteroatoms. The van der Waals surface area contributed by atoms with Crippen molar-refractivity contribution in [1.29, 1.82) is 5.26 Å². The number of fused-ring (bicyclic) bond motifs is 1. The van der Waals surface area contributed by atoms with Gasteiger partial charge in [0, 0.05) is 19.6 Å². The maximum absolute atomic E-state index is 13.0. The molecule has 0 aliphatic carbocycles. The topological polar surface area (TPSA) is 88.2 Å². The van der Waals surface area contributed by atoms with Crippen molar-refractivity contribution in [2.45, 2.75) is 44.2 Å². The van der Waals surface area contributed by atoms with Crippen molar-refractivity contribution in [2.75, 3.05) is 13.1 Å². The summed E-state index contributed by atoms with van der Waals surface area (Å²) in [6, 6.07) is 14.2. The van der Waals surface area contributed by atoms with Gasteiger partial charge in [-0.05, 0) is 62.2 Å². The minimum absolute atomic E-state index is 0.253. The molecule has 0 unspecified atom stereocenters. The lowest BCUT2D eigenvalue weighted by Gasteiger charge is -2.25. The molecular weight excluding hydrogens is 400 g/mol. The van der Waals surface area contributed by atoms with Crippen LogP contribution in [-0.4, -0.2) is 35.4 Å². The van der Waals surface area contributed by atoms with Gasteiger partial charge in [-0.1, -0.05) is 6.42 Å². The van der Waals surface area contributed by atoms with Gasteiger partial charge in [0.05, 0.1) is 27.6 Å². The summed E-state index contributed by atoms with van der Waals surface area (Å²) >= 11 is 0. The van der Waals surface area contributed by atoms with E-state index in [1.807, 2.05) is 17.6 Å². The van der Waals surface area contributed by atoms with Crippen molar-refractivity contribution < 1.29 is 13.2 Å². The number of benzene rings is 2. The zero-order valence-electron chi connectivity index (χ0n) is 16.9. The molecule has 0 radical (unpaired) electrons. The van der Waals surface area contributed by atoms with Crippen molar-refractivity contribution in [1.82, 2.24) is 13.9 Å². The van der Waals surface area contributed by atoms with E-state index in [1.165, 1.54) is 0 Å². The van der Waals surface area contributed by atoms with Crippen LogP contribution in [0.2, 0.25) is 0 Å². The smallest absolute Gasteiger partial charge is 0.243 e. The summed E-state index contributed by atoms with van der Waals surface area (Å²) < 4.78 is 35.4. The van der Waals surface area contributed by atoms with Crippen LogP contribution in [0.3, 0.4) is 0 Å². The summed E-state index contributed by atoms with van der Waals surface area (Å²) in [7, 11) is -3.50. The molecule has 1 aliphatic rings. The van der Waals surface area contributed by atoms with E-state index in [1.54, 1.807) is 40.7 Å². The zero-order valence-corrected chi connectivity index (χ0v) is 17.7. The largest absolute Gasteiger partial charge is 0.486 e. The highest BCUT2D eigenvalue weighted by Gasteiger charge is 2.26. The molecule has 1 aliphatic heterocycles. The van der Waals surface area contributed by atoms with Crippen LogP contribution in [0.4, 0.5) is 0 Å². The second-order valence-corrected chi connectivity index (χ2v) is 9.25. The number of ether oxygens (including phenoxy) is 1. The lowest BCUT2D eigenvalue weighted by atomic mass is 10.2. The number of imidazole rings is 1. The van der Waals surface area contributed by atoms with Gasteiger partial charge in [0.1, 0.15) is 18.2 Å². The third-order valence-corrected chi connectivity index (χ3v) is 7.31. The molecule has 1 fully saturated rings. The maximum Gasteiger partial charge on any atom is 0.243 e. The fraction of sp³-hybridized carbons (Fsp3) is 0.364. The number of aryl methyl sites for hydroxylation is 1. The van der Waals surface area contributed by atoms with E-state index in [2.05, 4.69) is 11.1 Å². The molecule has 3 aromatic rings. The Labute approximate surface area is 176 Å². The van der Waals surface area contributed by atoms with E-state index in [0.29, 0.717) is 36.5 Å². The van der Waals surface area contributed by atoms with Gasteiger partial charge in [0.15, 0.2) is 0 Å². The molecule has 0 atom stereocenters. The van der Waals surface area contributed by atoms with Crippen LogP contribution in [0.15, 0.2) is 47.4 Å². The van der Waals surface area contributed by atoms with Crippen molar-refractivity contribution >= 4 is 21.1 Å². The lowest BCUT2D eigenvalue weighted by Crippen LogP contribution is -2.35. The van der Waals surface area contributed by atoms with Gasteiger partial charge in [-0.25, -0.2) is 13.4 Å². The highest BCUT2D eigenvalue weighted by molar-refractivity contribution is 7.89. The number of sulfonamides is 1. The highest BCUT2D eigenvalue weighted by Crippen LogP contribution is 2.25. The number of rotatable bonds is 6. The Bertz CT molecular complexity index is 1190. The fourth-order valence-electron chi connectivity index (χ4n) is 3.81. The molecule has 30 heavy (non-hydrogen) atoms. The first-order chi connectivity index (χ1) is 14.5. The number of piperidine rings is 1. The predicted molar refractivity (Wildman–Crippen MR) is 114 cm³/mol. The van der Waals surface area contributed by atoms with Gasteiger partial charge < -0.3 is 9.30 Å². The molecule has 4 rings (SSSR count). The Morgan fingerprint density at radius 2 is 1.83 bits per heavy atom. The van der Waals surface area contributed by atoms with Crippen molar-refractivity contribution in [3.05, 3.63) is 53.9 Å². The summed E-state index contributed by atoms with van der Waals surface area (Å²) in [6.45, 7) is 4.12. The number of nitrogens with zero attached hydrogens (tertiary/aromatic N) is 4. The second-order valence-electron chi connectivity index (χ2n) is 7.31.